The second kappa shape index (κ2) is 13.9. The highest BCUT2D eigenvalue weighted by Crippen LogP contribution is 2.52. The summed E-state index contributed by atoms with van der Waals surface area (Å²) in [5, 5.41) is 8.17. The van der Waals surface area contributed by atoms with Crippen LogP contribution in [0.25, 0.3) is 0 Å². The van der Waals surface area contributed by atoms with E-state index in [-0.39, 0.29) is 40.7 Å². The van der Waals surface area contributed by atoms with E-state index in [1.165, 1.54) is 61.7 Å². The van der Waals surface area contributed by atoms with Crippen molar-refractivity contribution in [3.63, 3.8) is 0 Å². The van der Waals surface area contributed by atoms with Gasteiger partial charge in [-0.15, -0.1) is 10.2 Å². The molecule has 6 heterocycles. The van der Waals surface area contributed by atoms with Crippen LogP contribution < -0.4 is 14.4 Å². The number of benzene rings is 1. The Morgan fingerprint density at radius 3 is 2.67 bits per heavy atom. The third kappa shape index (κ3) is 6.87. The summed E-state index contributed by atoms with van der Waals surface area (Å²) in [7, 11) is 0. The largest absolute Gasteiger partial charge is 0.490 e. The fourth-order valence-corrected chi connectivity index (χ4v) is 8.89. The van der Waals surface area contributed by atoms with Gasteiger partial charge in [0.05, 0.1) is 12.2 Å². The second-order valence-corrected chi connectivity index (χ2v) is 15.6. The summed E-state index contributed by atoms with van der Waals surface area (Å²) in [5.41, 5.74) is 3.14. The Morgan fingerprint density at radius 1 is 1.08 bits per heavy atom. The van der Waals surface area contributed by atoms with Crippen LogP contribution in [0.3, 0.4) is 0 Å². The van der Waals surface area contributed by atoms with Gasteiger partial charge in [-0.2, -0.15) is 0 Å². The summed E-state index contributed by atoms with van der Waals surface area (Å²) >= 11 is 0. The Bertz CT molecular complexity index is 1730. The van der Waals surface area contributed by atoms with Gasteiger partial charge in [-0.25, -0.2) is 9.37 Å². The van der Waals surface area contributed by atoms with Crippen LogP contribution in [-0.2, 0) is 17.7 Å². The molecule has 51 heavy (non-hydrogen) atoms. The zero-order valence-electron chi connectivity index (χ0n) is 30.0. The number of carbonyl (C=O) groups is 1. The molecule has 0 N–H and O–H groups in total. The molecule has 2 spiro atoms. The molecule has 8 rings (SSSR count). The highest BCUT2D eigenvalue weighted by atomic mass is 19.1. The van der Waals surface area contributed by atoms with Crippen LogP contribution >= 0.6 is 0 Å². The number of ether oxygens (including phenoxy) is 3. The number of rotatable bonds is 12. The van der Waals surface area contributed by atoms with Gasteiger partial charge in [0.1, 0.15) is 29.7 Å². The van der Waals surface area contributed by atoms with Crippen LogP contribution in [-0.4, -0.2) is 118 Å². The lowest BCUT2D eigenvalue weighted by molar-refractivity contribution is -0.0353. The predicted molar refractivity (Wildman–Crippen MR) is 189 cm³/mol. The van der Waals surface area contributed by atoms with Gasteiger partial charge in [-0.05, 0) is 83.8 Å². The third-order valence-corrected chi connectivity index (χ3v) is 11.5. The summed E-state index contributed by atoms with van der Waals surface area (Å²) in [4.78, 5) is 31.5. The van der Waals surface area contributed by atoms with Crippen molar-refractivity contribution in [2.75, 3.05) is 70.5 Å². The Balaban J connectivity index is 0.849. The minimum atomic E-state index is -0.509. The van der Waals surface area contributed by atoms with Crippen molar-refractivity contribution in [3.8, 4) is 17.4 Å². The normalized spacial score (nSPS) is 20.9. The van der Waals surface area contributed by atoms with Crippen molar-refractivity contribution in [2.24, 2.45) is 10.8 Å². The van der Waals surface area contributed by atoms with Gasteiger partial charge in [0.15, 0.2) is 5.82 Å². The summed E-state index contributed by atoms with van der Waals surface area (Å²) in [6, 6.07) is 5.94. The van der Waals surface area contributed by atoms with Crippen LogP contribution in [0.1, 0.15) is 68.1 Å². The van der Waals surface area contributed by atoms with Crippen LogP contribution in [0.2, 0.25) is 0 Å². The lowest BCUT2D eigenvalue weighted by atomic mass is 9.61. The Labute approximate surface area is 299 Å². The fraction of sp³-hybridized carbons (Fsp3) is 0.605. The molecule has 13 heteroatoms. The highest BCUT2D eigenvalue weighted by molar-refractivity contribution is 5.97. The summed E-state index contributed by atoms with van der Waals surface area (Å²) in [6.07, 6.45) is 8.72. The molecule has 0 bridgehead atoms. The van der Waals surface area contributed by atoms with Crippen molar-refractivity contribution < 1.29 is 23.4 Å². The van der Waals surface area contributed by atoms with E-state index < -0.39 is 5.82 Å². The van der Waals surface area contributed by atoms with Gasteiger partial charge in [0.25, 0.3) is 11.8 Å². The molecule has 0 unspecified atom stereocenters. The lowest BCUT2D eigenvalue weighted by Gasteiger charge is -2.58. The van der Waals surface area contributed by atoms with Gasteiger partial charge in [0.2, 0.25) is 0 Å². The van der Waals surface area contributed by atoms with Gasteiger partial charge < -0.3 is 28.9 Å². The number of hydrogen-bond donors (Lipinski definition) is 0. The zero-order chi connectivity index (χ0) is 35.2. The lowest BCUT2D eigenvalue weighted by Crippen LogP contribution is -2.65. The van der Waals surface area contributed by atoms with Crippen molar-refractivity contribution in [2.45, 2.75) is 71.6 Å². The summed E-state index contributed by atoms with van der Waals surface area (Å²) in [5.74, 6) is 1.14. The Kier molecular flexibility index (Phi) is 9.30. The number of carbonyl (C=O) groups excluding carboxylic acids is 1. The maximum absolute atomic E-state index is 14.3. The molecule has 1 aromatic carbocycles. The fourth-order valence-electron chi connectivity index (χ4n) is 8.89. The van der Waals surface area contributed by atoms with E-state index in [1.54, 1.807) is 4.90 Å². The number of aromatic nitrogens is 4. The second-order valence-electron chi connectivity index (χ2n) is 15.6. The number of fused-ring (bicyclic) bond motifs is 1. The summed E-state index contributed by atoms with van der Waals surface area (Å²) in [6.45, 7) is 16.3. The monoisotopic (exact) mass is 700 g/mol. The van der Waals surface area contributed by atoms with Gasteiger partial charge in [-0.1, -0.05) is 0 Å². The molecular weight excluding hydrogens is 651 g/mol. The molecule has 272 valence electrons. The van der Waals surface area contributed by atoms with Crippen LogP contribution in [0.15, 0.2) is 36.8 Å². The SMILES string of the molecule is CCN(C(=O)c1cc(F)ccc1Oc1nncnc1N1CC2(CC(Oc3ccnc4c3CN(CCCN3CC5(CCOC5)C3)CC4)C2)C1)C(C)C. The average molecular weight is 701 g/mol. The zero-order valence-corrected chi connectivity index (χ0v) is 30.0. The van der Waals surface area contributed by atoms with Gasteiger partial charge in [-0.3, -0.25) is 14.7 Å². The minimum Gasteiger partial charge on any atom is -0.490 e. The van der Waals surface area contributed by atoms with Crippen LogP contribution in [0.4, 0.5) is 10.2 Å². The smallest absolute Gasteiger partial charge is 0.282 e. The number of likely N-dealkylation sites (tertiary alicyclic amines) is 1. The first-order valence-electron chi connectivity index (χ1n) is 18.6. The Morgan fingerprint density at radius 2 is 1.90 bits per heavy atom. The molecule has 4 aliphatic heterocycles. The minimum absolute atomic E-state index is 0.0513. The molecule has 5 aliphatic rings. The van der Waals surface area contributed by atoms with Gasteiger partial charge in [0, 0.05) is 93.2 Å². The van der Waals surface area contributed by atoms with Crippen molar-refractivity contribution in [1.29, 1.82) is 0 Å². The number of amides is 1. The molecule has 4 fully saturated rings. The molecule has 1 saturated carbocycles. The maximum atomic E-state index is 14.3. The van der Waals surface area contributed by atoms with E-state index in [0.717, 1.165) is 77.5 Å². The molecule has 1 aliphatic carbocycles. The van der Waals surface area contributed by atoms with Crippen LogP contribution in [0.5, 0.6) is 17.4 Å². The van der Waals surface area contributed by atoms with Gasteiger partial charge >= 0.3 is 0 Å². The average Bonchev–Trinajstić information content (AvgIpc) is 3.57. The van der Waals surface area contributed by atoms with E-state index in [0.29, 0.717) is 17.8 Å². The number of anilines is 1. The predicted octanol–water partition coefficient (Wildman–Crippen LogP) is 4.59. The quantitative estimate of drug-likeness (QED) is 0.265. The molecule has 0 radical (unpaired) electrons. The molecule has 3 saturated heterocycles. The van der Waals surface area contributed by atoms with E-state index in [1.807, 2.05) is 33.0 Å². The first kappa shape index (κ1) is 34.2. The van der Waals surface area contributed by atoms with Crippen LogP contribution in [0, 0.1) is 16.6 Å². The number of hydrogen-bond acceptors (Lipinski definition) is 11. The molecule has 0 atom stereocenters. The molecular formula is C38H49FN8O4. The molecule has 12 nitrogen and oxygen atoms in total. The number of pyridine rings is 1. The van der Waals surface area contributed by atoms with E-state index in [9.17, 15) is 9.18 Å². The summed E-state index contributed by atoms with van der Waals surface area (Å²) < 4.78 is 32.8. The van der Waals surface area contributed by atoms with Crippen molar-refractivity contribution in [1.82, 2.24) is 34.9 Å². The standard InChI is InChI=1S/C38H49FN8O4/c1-4-47(26(2)3)36(48)29-16-27(39)6-7-32(29)51-35-34(41-25-42-43-35)46-22-38(23-46)17-28(18-38)50-33-8-11-40-31-9-14-44(19-30(31)33)12-5-13-45-20-37(21-45)10-15-49-24-37/h6-8,11,16,25-26,28H,4-5,9-10,12-15,17-24H2,1-3H3. The molecule has 1 amide bonds. The Hall–Kier alpha value is -3.94. The first-order chi connectivity index (χ1) is 24.7. The number of nitrogens with zero attached hydrogens (tertiary/aromatic N) is 8. The van der Waals surface area contributed by atoms with E-state index in [4.69, 9.17) is 19.2 Å². The molecule has 2 aromatic heterocycles. The first-order valence-corrected chi connectivity index (χ1v) is 18.6. The van der Waals surface area contributed by atoms with E-state index >= 15 is 0 Å². The van der Waals surface area contributed by atoms with Crippen molar-refractivity contribution in [3.05, 3.63) is 59.4 Å². The van der Waals surface area contributed by atoms with E-state index in [2.05, 4.69) is 29.9 Å². The number of halogens is 1. The third-order valence-electron chi connectivity index (χ3n) is 11.5. The van der Waals surface area contributed by atoms with Crippen molar-refractivity contribution >= 4 is 11.7 Å². The molecule has 3 aromatic rings. The topological polar surface area (TPSA) is 109 Å². The maximum Gasteiger partial charge on any atom is 0.282 e. The highest BCUT2D eigenvalue weighted by Gasteiger charge is 2.54.